The number of hydrogen-bond acceptors (Lipinski definition) is 1. The van der Waals surface area contributed by atoms with E-state index in [1.54, 1.807) is 0 Å². The number of alkyl halides is 3. The van der Waals surface area contributed by atoms with E-state index in [4.69, 9.17) is 0 Å². The second kappa shape index (κ2) is 3.01. The Kier molecular flexibility index (Phi) is 2.42. The lowest BCUT2D eigenvalue weighted by Gasteiger charge is -2.29. The van der Waals surface area contributed by atoms with Gasteiger partial charge in [-0.05, 0) is 25.3 Å². The summed E-state index contributed by atoms with van der Waals surface area (Å²) in [6.45, 7) is 2.35. The molecular weight excluding hydrogens is 155 g/mol. The topological polar surface area (TPSA) is 12.0 Å². The SMILES string of the molecule is CC1CCN[C@H](C(F)(F)F)C1. The van der Waals surface area contributed by atoms with Gasteiger partial charge in [0, 0.05) is 0 Å². The van der Waals surface area contributed by atoms with Gasteiger partial charge < -0.3 is 5.32 Å². The molecule has 0 spiro atoms. The zero-order valence-electron chi connectivity index (χ0n) is 6.41. The smallest absolute Gasteiger partial charge is 0.306 e. The first-order valence-corrected chi connectivity index (χ1v) is 3.80. The molecule has 2 atom stereocenters. The van der Waals surface area contributed by atoms with Gasteiger partial charge in [-0.25, -0.2) is 0 Å². The van der Waals surface area contributed by atoms with Gasteiger partial charge in [0.1, 0.15) is 6.04 Å². The van der Waals surface area contributed by atoms with Crippen LogP contribution >= 0.6 is 0 Å². The maximum absolute atomic E-state index is 12.1. The van der Waals surface area contributed by atoms with Crippen LogP contribution in [-0.4, -0.2) is 18.8 Å². The van der Waals surface area contributed by atoms with Crippen LogP contribution in [0.15, 0.2) is 0 Å². The quantitative estimate of drug-likeness (QED) is 0.581. The number of hydrogen-bond donors (Lipinski definition) is 1. The standard InChI is InChI=1S/C7H12F3N/c1-5-2-3-11-6(4-5)7(8,9)10/h5-6,11H,2-4H2,1H3/t5?,6-/m0/s1. The summed E-state index contributed by atoms with van der Waals surface area (Å²) in [6, 6.07) is -1.27. The fourth-order valence-corrected chi connectivity index (χ4v) is 1.36. The largest absolute Gasteiger partial charge is 0.403 e. The van der Waals surface area contributed by atoms with Crippen molar-refractivity contribution in [3.63, 3.8) is 0 Å². The van der Waals surface area contributed by atoms with Crippen LogP contribution in [0.3, 0.4) is 0 Å². The summed E-state index contributed by atoms with van der Waals surface area (Å²) in [4.78, 5) is 0. The number of rotatable bonds is 0. The van der Waals surface area contributed by atoms with E-state index in [-0.39, 0.29) is 12.3 Å². The predicted molar refractivity (Wildman–Crippen MR) is 36.2 cm³/mol. The summed E-state index contributed by atoms with van der Waals surface area (Å²) in [5.74, 6) is 0.197. The first-order valence-electron chi connectivity index (χ1n) is 3.80. The highest BCUT2D eigenvalue weighted by molar-refractivity contribution is 4.81. The van der Waals surface area contributed by atoms with Crippen LogP contribution in [0.25, 0.3) is 0 Å². The molecule has 0 saturated carbocycles. The van der Waals surface area contributed by atoms with Crippen LogP contribution in [0.1, 0.15) is 19.8 Å². The molecule has 11 heavy (non-hydrogen) atoms. The summed E-state index contributed by atoms with van der Waals surface area (Å²) >= 11 is 0. The molecule has 1 fully saturated rings. The minimum Gasteiger partial charge on any atom is -0.306 e. The van der Waals surface area contributed by atoms with Gasteiger partial charge in [0.2, 0.25) is 0 Å². The van der Waals surface area contributed by atoms with Gasteiger partial charge in [-0.2, -0.15) is 13.2 Å². The molecule has 0 aromatic carbocycles. The Bertz CT molecular complexity index is 132. The van der Waals surface area contributed by atoms with Crippen LogP contribution in [0.4, 0.5) is 13.2 Å². The van der Waals surface area contributed by atoms with E-state index in [0.717, 1.165) is 6.42 Å². The zero-order chi connectivity index (χ0) is 8.48. The Morgan fingerprint density at radius 1 is 1.36 bits per heavy atom. The molecule has 0 aliphatic carbocycles. The molecule has 0 aromatic rings. The molecule has 1 rings (SSSR count). The molecule has 0 amide bonds. The van der Waals surface area contributed by atoms with Crippen molar-refractivity contribution in [2.24, 2.45) is 5.92 Å². The second-order valence-electron chi connectivity index (χ2n) is 3.18. The Morgan fingerprint density at radius 3 is 2.36 bits per heavy atom. The summed E-state index contributed by atoms with van der Waals surface area (Å²) in [6.07, 6.45) is -2.98. The van der Waals surface area contributed by atoms with Crippen LogP contribution < -0.4 is 5.32 Å². The normalized spacial score (nSPS) is 33.8. The van der Waals surface area contributed by atoms with E-state index < -0.39 is 12.2 Å². The Labute approximate surface area is 64.0 Å². The highest BCUT2D eigenvalue weighted by Crippen LogP contribution is 2.28. The lowest BCUT2D eigenvalue weighted by Crippen LogP contribution is -2.47. The van der Waals surface area contributed by atoms with Crippen LogP contribution in [0.5, 0.6) is 0 Å². The summed E-state index contributed by atoms with van der Waals surface area (Å²) in [5.41, 5.74) is 0. The number of halogens is 3. The van der Waals surface area contributed by atoms with E-state index in [2.05, 4.69) is 5.32 Å². The van der Waals surface area contributed by atoms with Crippen molar-refractivity contribution in [2.45, 2.75) is 32.0 Å². The first kappa shape index (κ1) is 8.84. The average molecular weight is 167 g/mol. The Hall–Kier alpha value is -0.250. The molecule has 1 nitrogen and oxygen atoms in total. The van der Waals surface area contributed by atoms with Crippen LogP contribution in [0, 0.1) is 5.92 Å². The van der Waals surface area contributed by atoms with Gasteiger partial charge in [0.05, 0.1) is 0 Å². The fourth-order valence-electron chi connectivity index (χ4n) is 1.36. The molecule has 0 radical (unpaired) electrons. The second-order valence-corrected chi connectivity index (χ2v) is 3.18. The number of nitrogens with one attached hydrogen (secondary N) is 1. The first-order chi connectivity index (χ1) is 5.00. The van der Waals surface area contributed by atoms with Crippen molar-refractivity contribution in [3.8, 4) is 0 Å². The van der Waals surface area contributed by atoms with Crippen molar-refractivity contribution in [1.82, 2.24) is 5.32 Å². The van der Waals surface area contributed by atoms with Crippen molar-refractivity contribution >= 4 is 0 Å². The van der Waals surface area contributed by atoms with Crippen molar-refractivity contribution < 1.29 is 13.2 Å². The molecule has 1 saturated heterocycles. The van der Waals surface area contributed by atoms with E-state index >= 15 is 0 Å². The third kappa shape index (κ3) is 2.36. The van der Waals surface area contributed by atoms with Crippen molar-refractivity contribution in [3.05, 3.63) is 0 Å². The van der Waals surface area contributed by atoms with Gasteiger partial charge in [-0.3, -0.25) is 0 Å². The maximum atomic E-state index is 12.1. The monoisotopic (exact) mass is 167 g/mol. The average Bonchev–Trinajstić information content (AvgIpc) is 1.86. The zero-order valence-corrected chi connectivity index (χ0v) is 6.41. The maximum Gasteiger partial charge on any atom is 0.403 e. The Morgan fingerprint density at radius 2 is 2.00 bits per heavy atom. The molecule has 1 unspecified atom stereocenters. The molecule has 1 aliphatic heterocycles. The third-order valence-corrected chi connectivity index (χ3v) is 2.06. The molecule has 1 aliphatic rings. The lowest BCUT2D eigenvalue weighted by atomic mass is 9.94. The predicted octanol–water partition coefficient (Wildman–Crippen LogP) is 1.94. The highest BCUT2D eigenvalue weighted by atomic mass is 19.4. The highest BCUT2D eigenvalue weighted by Gasteiger charge is 2.41. The molecule has 66 valence electrons. The molecule has 0 bridgehead atoms. The van der Waals surface area contributed by atoms with Gasteiger partial charge in [-0.1, -0.05) is 6.92 Å². The van der Waals surface area contributed by atoms with E-state index in [9.17, 15) is 13.2 Å². The lowest BCUT2D eigenvalue weighted by molar-refractivity contribution is -0.163. The van der Waals surface area contributed by atoms with Crippen LogP contribution in [-0.2, 0) is 0 Å². The number of piperidine rings is 1. The van der Waals surface area contributed by atoms with Gasteiger partial charge in [-0.15, -0.1) is 0 Å². The molecule has 4 heteroatoms. The minimum absolute atomic E-state index is 0.197. The molecule has 1 N–H and O–H groups in total. The molecule has 1 heterocycles. The van der Waals surface area contributed by atoms with Gasteiger partial charge in [0.15, 0.2) is 0 Å². The van der Waals surface area contributed by atoms with Crippen molar-refractivity contribution in [1.29, 1.82) is 0 Å². The third-order valence-electron chi connectivity index (χ3n) is 2.06. The molecular formula is C7H12F3N. The van der Waals surface area contributed by atoms with Crippen molar-refractivity contribution in [2.75, 3.05) is 6.54 Å². The summed E-state index contributed by atoms with van der Waals surface area (Å²) < 4.78 is 36.2. The van der Waals surface area contributed by atoms with E-state index in [1.165, 1.54) is 0 Å². The van der Waals surface area contributed by atoms with Crippen LogP contribution in [0.2, 0.25) is 0 Å². The van der Waals surface area contributed by atoms with Gasteiger partial charge in [0.25, 0.3) is 0 Å². The van der Waals surface area contributed by atoms with Gasteiger partial charge >= 0.3 is 6.18 Å². The molecule has 0 aromatic heterocycles. The van der Waals surface area contributed by atoms with E-state index in [1.807, 2.05) is 6.92 Å². The Balaban J connectivity index is 2.46. The van der Waals surface area contributed by atoms with E-state index in [0.29, 0.717) is 6.54 Å². The summed E-state index contributed by atoms with van der Waals surface area (Å²) in [5, 5.41) is 2.46. The fraction of sp³-hybridized carbons (Fsp3) is 1.00. The summed E-state index contributed by atoms with van der Waals surface area (Å²) in [7, 11) is 0. The minimum atomic E-state index is -4.06.